The highest BCUT2D eigenvalue weighted by atomic mass is 16.5. The first-order chi connectivity index (χ1) is 16.8. The Morgan fingerprint density at radius 3 is 2.34 bits per heavy atom. The van der Waals surface area contributed by atoms with Crippen molar-refractivity contribution in [1.82, 2.24) is 10.6 Å². The quantitative estimate of drug-likeness (QED) is 0.482. The Labute approximate surface area is 205 Å². The van der Waals surface area contributed by atoms with Gasteiger partial charge in [0.2, 0.25) is 5.91 Å². The smallest absolute Gasteiger partial charge is 0.407 e. The summed E-state index contributed by atoms with van der Waals surface area (Å²) in [6, 6.07) is 15.1. The molecule has 35 heavy (non-hydrogen) atoms. The van der Waals surface area contributed by atoms with Gasteiger partial charge in [0, 0.05) is 5.92 Å². The number of alkyl carbamates (subject to hydrolysis) is 1. The minimum absolute atomic E-state index is 0.0983. The molecule has 2 aromatic rings. The van der Waals surface area contributed by atoms with Crippen LogP contribution in [0.2, 0.25) is 0 Å². The van der Waals surface area contributed by atoms with Crippen LogP contribution in [0.15, 0.2) is 61.2 Å². The monoisotopic (exact) mass is 476 g/mol. The second-order valence-corrected chi connectivity index (χ2v) is 9.62. The van der Waals surface area contributed by atoms with Gasteiger partial charge in [0.05, 0.1) is 0 Å². The molecule has 3 N–H and O–H groups in total. The Kier molecular flexibility index (Phi) is 7.24. The summed E-state index contributed by atoms with van der Waals surface area (Å²) < 4.78 is 5.57. The van der Waals surface area contributed by atoms with E-state index in [0.717, 1.165) is 35.1 Å². The predicted molar refractivity (Wildman–Crippen MR) is 133 cm³/mol. The maximum atomic E-state index is 13.0. The van der Waals surface area contributed by atoms with E-state index in [4.69, 9.17) is 4.74 Å². The molecule has 184 valence electrons. The van der Waals surface area contributed by atoms with Crippen molar-refractivity contribution in [2.45, 2.75) is 56.5 Å². The lowest BCUT2D eigenvalue weighted by molar-refractivity contribution is -0.150. The molecule has 0 spiro atoms. The molecule has 0 aromatic heterocycles. The zero-order valence-electron chi connectivity index (χ0n) is 20.0. The Balaban J connectivity index is 1.42. The standard InChI is InChI=1S/C28H32N2O5/c1-3-9-24(25(31)30-28(26(32)33)15-8-10-18(2)16-28)29-27(34)35-17-23-21-13-6-4-11-19(21)20-12-5-7-14-22(20)23/h3-7,11-14,18,23-24H,1,8-10,15-17H2,2H3,(H,29,34)(H,30,31)(H,32,33). The summed E-state index contributed by atoms with van der Waals surface area (Å²) in [5, 5.41) is 15.2. The number of rotatable bonds is 8. The van der Waals surface area contributed by atoms with E-state index in [9.17, 15) is 19.5 Å². The molecule has 4 rings (SSSR count). The molecule has 2 aliphatic rings. The molecule has 7 nitrogen and oxygen atoms in total. The Hall–Kier alpha value is -3.61. The third-order valence-corrected chi connectivity index (χ3v) is 7.12. The van der Waals surface area contributed by atoms with Crippen molar-refractivity contribution in [1.29, 1.82) is 0 Å². The van der Waals surface area contributed by atoms with Crippen LogP contribution in [0.5, 0.6) is 0 Å². The molecule has 2 aliphatic carbocycles. The molecule has 0 heterocycles. The van der Waals surface area contributed by atoms with Gasteiger partial charge in [-0.2, -0.15) is 0 Å². The first kappa shape index (κ1) is 24.5. The molecular formula is C28H32N2O5. The third-order valence-electron chi connectivity index (χ3n) is 7.12. The molecule has 3 atom stereocenters. The van der Waals surface area contributed by atoms with E-state index >= 15 is 0 Å². The number of carboxylic acid groups (broad SMARTS) is 1. The molecule has 2 aromatic carbocycles. The van der Waals surface area contributed by atoms with Crippen molar-refractivity contribution in [2.24, 2.45) is 5.92 Å². The van der Waals surface area contributed by atoms with Gasteiger partial charge >= 0.3 is 12.1 Å². The van der Waals surface area contributed by atoms with Crippen LogP contribution >= 0.6 is 0 Å². The Morgan fingerprint density at radius 2 is 1.77 bits per heavy atom. The number of carbonyl (C=O) groups excluding carboxylic acids is 2. The van der Waals surface area contributed by atoms with E-state index < -0.39 is 29.6 Å². The number of aliphatic carboxylic acids is 1. The van der Waals surface area contributed by atoms with Gasteiger partial charge in [0.1, 0.15) is 18.2 Å². The second-order valence-electron chi connectivity index (χ2n) is 9.62. The minimum Gasteiger partial charge on any atom is -0.480 e. The molecule has 7 heteroatoms. The topological polar surface area (TPSA) is 105 Å². The van der Waals surface area contributed by atoms with E-state index in [1.807, 2.05) is 43.3 Å². The molecule has 1 fully saturated rings. The van der Waals surface area contributed by atoms with Crippen LogP contribution in [0.4, 0.5) is 4.79 Å². The maximum absolute atomic E-state index is 13.0. The average Bonchev–Trinajstić information content (AvgIpc) is 3.16. The van der Waals surface area contributed by atoms with Crippen LogP contribution < -0.4 is 10.6 Å². The summed E-state index contributed by atoms with van der Waals surface area (Å²) in [6.07, 6.45) is 3.32. The van der Waals surface area contributed by atoms with Crippen LogP contribution in [0.1, 0.15) is 56.1 Å². The number of carboxylic acids is 1. The van der Waals surface area contributed by atoms with Crippen LogP contribution in [-0.4, -0.2) is 41.3 Å². The highest BCUT2D eigenvalue weighted by Gasteiger charge is 2.44. The third kappa shape index (κ3) is 5.09. The fourth-order valence-corrected chi connectivity index (χ4v) is 5.42. The highest BCUT2D eigenvalue weighted by Crippen LogP contribution is 2.44. The van der Waals surface area contributed by atoms with Gasteiger partial charge in [0.25, 0.3) is 0 Å². The maximum Gasteiger partial charge on any atom is 0.407 e. The number of amides is 2. The first-order valence-corrected chi connectivity index (χ1v) is 12.1. The molecule has 0 bridgehead atoms. The number of benzene rings is 2. The SMILES string of the molecule is C=CCC(NC(=O)OCC1c2ccccc2-c2ccccc21)C(=O)NC1(C(=O)O)CCCC(C)C1. The fraction of sp³-hybridized carbons (Fsp3) is 0.393. The van der Waals surface area contributed by atoms with Crippen LogP contribution in [0, 0.1) is 5.92 Å². The number of nitrogens with one attached hydrogen (secondary N) is 2. The molecule has 0 radical (unpaired) electrons. The van der Waals surface area contributed by atoms with Gasteiger partial charge in [-0.3, -0.25) is 4.79 Å². The van der Waals surface area contributed by atoms with E-state index in [0.29, 0.717) is 12.8 Å². The Bertz CT molecular complexity index is 1080. The first-order valence-electron chi connectivity index (χ1n) is 12.1. The number of hydrogen-bond donors (Lipinski definition) is 3. The molecule has 2 amide bonds. The largest absolute Gasteiger partial charge is 0.480 e. The van der Waals surface area contributed by atoms with E-state index in [-0.39, 0.29) is 24.9 Å². The zero-order valence-corrected chi connectivity index (χ0v) is 20.0. The summed E-state index contributed by atoms with van der Waals surface area (Å²) in [7, 11) is 0. The van der Waals surface area contributed by atoms with Gasteiger partial charge in [-0.05, 0) is 47.4 Å². The average molecular weight is 477 g/mol. The summed E-state index contributed by atoms with van der Waals surface area (Å²) >= 11 is 0. The number of ether oxygens (including phenoxy) is 1. The van der Waals surface area contributed by atoms with Crippen molar-refractivity contribution >= 4 is 18.0 Å². The summed E-state index contributed by atoms with van der Waals surface area (Å²) in [5.74, 6) is -1.50. The van der Waals surface area contributed by atoms with E-state index in [1.165, 1.54) is 6.08 Å². The van der Waals surface area contributed by atoms with Gasteiger partial charge in [-0.15, -0.1) is 6.58 Å². The lowest BCUT2D eigenvalue weighted by Gasteiger charge is -2.38. The minimum atomic E-state index is -1.32. The van der Waals surface area contributed by atoms with E-state index in [1.54, 1.807) is 0 Å². The number of carbonyl (C=O) groups is 3. The van der Waals surface area contributed by atoms with E-state index in [2.05, 4.69) is 29.3 Å². The van der Waals surface area contributed by atoms with Crippen molar-refractivity contribution in [3.8, 4) is 11.1 Å². The van der Waals surface area contributed by atoms with Gasteiger partial charge in [-0.1, -0.05) is 74.4 Å². The summed E-state index contributed by atoms with van der Waals surface area (Å²) in [6.45, 7) is 5.78. The van der Waals surface area contributed by atoms with Crippen molar-refractivity contribution in [3.63, 3.8) is 0 Å². The van der Waals surface area contributed by atoms with Gasteiger partial charge < -0.3 is 20.5 Å². The Morgan fingerprint density at radius 1 is 1.14 bits per heavy atom. The lowest BCUT2D eigenvalue weighted by atomic mass is 9.76. The molecule has 3 unspecified atom stereocenters. The van der Waals surface area contributed by atoms with Gasteiger partial charge in [0.15, 0.2) is 0 Å². The summed E-state index contributed by atoms with van der Waals surface area (Å²) in [4.78, 5) is 37.8. The predicted octanol–water partition coefficient (Wildman–Crippen LogP) is 4.62. The van der Waals surface area contributed by atoms with Crippen molar-refractivity contribution < 1.29 is 24.2 Å². The zero-order chi connectivity index (χ0) is 25.0. The molecule has 0 aliphatic heterocycles. The molecule has 1 saturated carbocycles. The van der Waals surface area contributed by atoms with Crippen molar-refractivity contribution in [2.75, 3.05) is 6.61 Å². The lowest BCUT2D eigenvalue weighted by Crippen LogP contribution is -2.60. The van der Waals surface area contributed by atoms with Crippen LogP contribution in [0.3, 0.4) is 0 Å². The van der Waals surface area contributed by atoms with Crippen molar-refractivity contribution in [3.05, 3.63) is 72.3 Å². The summed E-state index contributed by atoms with van der Waals surface area (Å²) in [5.41, 5.74) is 3.12. The molecule has 0 saturated heterocycles. The molecular weight excluding hydrogens is 444 g/mol. The second kappa shape index (κ2) is 10.3. The fourth-order valence-electron chi connectivity index (χ4n) is 5.42. The number of hydrogen-bond acceptors (Lipinski definition) is 4. The van der Waals surface area contributed by atoms with Crippen LogP contribution in [0.25, 0.3) is 11.1 Å². The van der Waals surface area contributed by atoms with Gasteiger partial charge in [-0.25, -0.2) is 9.59 Å². The van der Waals surface area contributed by atoms with Crippen LogP contribution in [-0.2, 0) is 14.3 Å². The number of fused-ring (bicyclic) bond motifs is 3. The highest BCUT2D eigenvalue weighted by molar-refractivity contribution is 5.91. The normalized spacial score (nSPS) is 21.8.